The Bertz CT molecular complexity index is 518. The minimum absolute atomic E-state index is 0.0472. The van der Waals surface area contributed by atoms with Gasteiger partial charge in [0.15, 0.2) is 5.11 Å². The topological polar surface area (TPSA) is 73.5 Å². The maximum Gasteiger partial charge on any atom is 0.343 e. The van der Waals surface area contributed by atoms with E-state index < -0.39 is 6.03 Å². The standard InChI is InChI=1S/C11H12N4O2S/c1-7-3-2-4-8(5-7)12-10(18)14-15-6-9(16)13-11(15)17/h2-5H,6H2,1H3,(H2,12,14,18)(H,13,16,17). The van der Waals surface area contributed by atoms with Crippen molar-refractivity contribution < 1.29 is 9.59 Å². The van der Waals surface area contributed by atoms with E-state index >= 15 is 0 Å². The molecule has 1 aliphatic heterocycles. The molecule has 1 aliphatic rings. The summed E-state index contributed by atoms with van der Waals surface area (Å²) in [6.07, 6.45) is 0. The molecule has 0 spiro atoms. The highest BCUT2D eigenvalue weighted by Gasteiger charge is 2.27. The first kappa shape index (κ1) is 12.3. The number of anilines is 1. The van der Waals surface area contributed by atoms with Gasteiger partial charge < -0.3 is 5.32 Å². The van der Waals surface area contributed by atoms with E-state index in [4.69, 9.17) is 12.2 Å². The Labute approximate surface area is 109 Å². The van der Waals surface area contributed by atoms with Crippen LogP contribution >= 0.6 is 12.2 Å². The molecule has 18 heavy (non-hydrogen) atoms. The summed E-state index contributed by atoms with van der Waals surface area (Å²) in [5.74, 6) is -0.356. The minimum Gasteiger partial charge on any atom is -0.331 e. The average Bonchev–Trinajstić information content (AvgIpc) is 2.57. The van der Waals surface area contributed by atoms with E-state index in [1.807, 2.05) is 31.2 Å². The number of urea groups is 1. The Hall–Kier alpha value is -2.15. The third-order valence-corrected chi connectivity index (χ3v) is 2.50. The summed E-state index contributed by atoms with van der Waals surface area (Å²) < 4.78 is 0. The largest absolute Gasteiger partial charge is 0.343 e. The first-order chi connectivity index (χ1) is 8.54. The number of hydrogen-bond acceptors (Lipinski definition) is 3. The fourth-order valence-corrected chi connectivity index (χ4v) is 1.76. The fraction of sp³-hybridized carbons (Fsp3) is 0.182. The van der Waals surface area contributed by atoms with E-state index in [1.54, 1.807) is 0 Å². The van der Waals surface area contributed by atoms with Crippen molar-refractivity contribution in [2.24, 2.45) is 0 Å². The van der Waals surface area contributed by atoms with E-state index in [1.165, 1.54) is 0 Å². The van der Waals surface area contributed by atoms with Gasteiger partial charge in [-0.1, -0.05) is 12.1 Å². The molecule has 0 saturated carbocycles. The molecule has 1 saturated heterocycles. The van der Waals surface area contributed by atoms with Gasteiger partial charge in [-0.3, -0.25) is 15.5 Å². The number of imide groups is 1. The lowest BCUT2D eigenvalue weighted by molar-refractivity contribution is -0.118. The van der Waals surface area contributed by atoms with Gasteiger partial charge in [-0.2, -0.15) is 0 Å². The van der Waals surface area contributed by atoms with Crippen LogP contribution in [0.5, 0.6) is 0 Å². The molecule has 0 bridgehead atoms. The second-order valence-electron chi connectivity index (χ2n) is 3.87. The van der Waals surface area contributed by atoms with Crippen LogP contribution in [-0.4, -0.2) is 28.6 Å². The monoisotopic (exact) mass is 264 g/mol. The van der Waals surface area contributed by atoms with Crippen LogP contribution in [0.15, 0.2) is 24.3 Å². The normalized spacial score (nSPS) is 14.4. The highest BCUT2D eigenvalue weighted by atomic mass is 32.1. The molecule has 1 heterocycles. The molecule has 1 aromatic carbocycles. The zero-order valence-corrected chi connectivity index (χ0v) is 10.5. The number of hydrazine groups is 1. The molecule has 1 fully saturated rings. The van der Waals surface area contributed by atoms with E-state index in [2.05, 4.69) is 16.1 Å². The average molecular weight is 264 g/mol. The van der Waals surface area contributed by atoms with Gasteiger partial charge in [0.25, 0.3) is 0 Å². The van der Waals surface area contributed by atoms with Crippen LogP contribution in [0.25, 0.3) is 0 Å². The van der Waals surface area contributed by atoms with Gasteiger partial charge in [0, 0.05) is 5.69 Å². The van der Waals surface area contributed by atoms with Gasteiger partial charge in [0.2, 0.25) is 5.91 Å². The molecule has 0 atom stereocenters. The Morgan fingerprint density at radius 1 is 1.44 bits per heavy atom. The molecular formula is C11H12N4O2S. The third-order valence-electron chi connectivity index (χ3n) is 2.31. The number of amides is 3. The van der Waals surface area contributed by atoms with Crippen molar-refractivity contribution in [3.63, 3.8) is 0 Å². The van der Waals surface area contributed by atoms with Gasteiger partial charge in [-0.25, -0.2) is 9.80 Å². The van der Waals surface area contributed by atoms with Gasteiger partial charge in [-0.05, 0) is 36.8 Å². The molecule has 3 amide bonds. The summed E-state index contributed by atoms with van der Waals surface area (Å²) >= 11 is 5.05. The SMILES string of the molecule is Cc1cccc(NC(=S)NN2CC(=O)NC2=O)c1. The van der Waals surface area contributed by atoms with Crippen molar-refractivity contribution in [2.75, 3.05) is 11.9 Å². The van der Waals surface area contributed by atoms with Crippen molar-refractivity contribution in [3.05, 3.63) is 29.8 Å². The van der Waals surface area contributed by atoms with E-state index in [0.29, 0.717) is 0 Å². The zero-order chi connectivity index (χ0) is 13.1. The summed E-state index contributed by atoms with van der Waals surface area (Å²) in [5, 5.41) is 6.45. The van der Waals surface area contributed by atoms with Gasteiger partial charge in [0.05, 0.1) is 0 Å². The lowest BCUT2D eigenvalue weighted by Gasteiger charge is -2.17. The van der Waals surface area contributed by atoms with Crippen molar-refractivity contribution >= 4 is 35.0 Å². The maximum atomic E-state index is 11.3. The number of thiocarbonyl (C=S) groups is 1. The number of hydrogen-bond donors (Lipinski definition) is 3. The summed E-state index contributed by atoms with van der Waals surface area (Å²) in [5.41, 5.74) is 4.56. The first-order valence-corrected chi connectivity index (χ1v) is 5.71. The Kier molecular flexibility index (Phi) is 3.42. The van der Waals surface area contributed by atoms with Crippen LogP contribution in [0, 0.1) is 6.92 Å². The zero-order valence-electron chi connectivity index (χ0n) is 9.69. The van der Waals surface area contributed by atoms with Crippen molar-refractivity contribution in [1.82, 2.24) is 15.8 Å². The third kappa shape index (κ3) is 2.95. The van der Waals surface area contributed by atoms with Crippen molar-refractivity contribution in [1.29, 1.82) is 0 Å². The quantitative estimate of drug-likeness (QED) is 0.543. The highest BCUT2D eigenvalue weighted by Crippen LogP contribution is 2.09. The van der Waals surface area contributed by atoms with Crippen LogP contribution in [0.2, 0.25) is 0 Å². The summed E-state index contributed by atoms with van der Waals surface area (Å²) in [6.45, 7) is 1.92. The summed E-state index contributed by atoms with van der Waals surface area (Å²) in [7, 11) is 0. The van der Waals surface area contributed by atoms with Gasteiger partial charge in [-0.15, -0.1) is 0 Å². The van der Waals surface area contributed by atoms with E-state index in [9.17, 15) is 9.59 Å². The number of carbonyl (C=O) groups is 2. The van der Waals surface area contributed by atoms with Crippen LogP contribution in [0.4, 0.5) is 10.5 Å². The lowest BCUT2D eigenvalue weighted by atomic mass is 10.2. The fourth-order valence-electron chi connectivity index (χ4n) is 1.54. The molecule has 0 aliphatic carbocycles. The molecule has 7 heteroatoms. The van der Waals surface area contributed by atoms with Crippen molar-refractivity contribution in [3.8, 4) is 0 Å². The summed E-state index contributed by atoms with van der Waals surface area (Å²) in [4.78, 5) is 22.2. The number of nitrogens with one attached hydrogen (secondary N) is 3. The number of carbonyl (C=O) groups excluding carboxylic acids is 2. The molecule has 0 radical (unpaired) electrons. The predicted molar refractivity (Wildman–Crippen MR) is 70.8 cm³/mol. The number of benzene rings is 1. The Morgan fingerprint density at radius 3 is 2.83 bits per heavy atom. The Morgan fingerprint density at radius 2 is 2.22 bits per heavy atom. The van der Waals surface area contributed by atoms with Crippen LogP contribution in [0.1, 0.15) is 5.56 Å². The Balaban J connectivity index is 1.93. The van der Waals surface area contributed by atoms with E-state index in [0.717, 1.165) is 16.3 Å². The molecule has 0 unspecified atom stereocenters. The molecule has 0 aromatic heterocycles. The lowest BCUT2D eigenvalue weighted by Crippen LogP contribution is -2.45. The number of nitrogens with zero attached hydrogens (tertiary/aromatic N) is 1. The highest BCUT2D eigenvalue weighted by molar-refractivity contribution is 7.80. The van der Waals surface area contributed by atoms with Crippen LogP contribution < -0.4 is 16.1 Å². The molecule has 3 N–H and O–H groups in total. The number of rotatable bonds is 2. The predicted octanol–water partition coefficient (Wildman–Crippen LogP) is 0.748. The molecule has 94 valence electrons. The smallest absolute Gasteiger partial charge is 0.331 e. The van der Waals surface area contributed by atoms with Crippen LogP contribution in [0.3, 0.4) is 0 Å². The maximum absolute atomic E-state index is 11.3. The molecule has 6 nitrogen and oxygen atoms in total. The molecular weight excluding hydrogens is 252 g/mol. The van der Waals surface area contributed by atoms with Crippen LogP contribution in [-0.2, 0) is 4.79 Å². The van der Waals surface area contributed by atoms with E-state index in [-0.39, 0.29) is 17.6 Å². The summed E-state index contributed by atoms with van der Waals surface area (Å²) in [6, 6.07) is 7.13. The molecule has 2 rings (SSSR count). The van der Waals surface area contributed by atoms with Gasteiger partial charge >= 0.3 is 6.03 Å². The molecule has 1 aromatic rings. The second-order valence-corrected chi connectivity index (χ2v) is 4.28. The van der Waals surface area contributed by atoms with Gasteiger partial charge in [0.1, 0.15) is 6.54 Å². The second kappa shape index (κ2) is 5.01. The first-order valence-electron chi connectivity index (χ1n) is 5.30. The minimum atomic E-state index is -0.506. The number of aryl methyl sites for hydroxylation is 1. The van der Waals surface area contributed by atoms with Crippen molar-refractivity contribution in [2.45, 2.75) is 6.92 Å².